The molecule has 6 nitrogen and oxygen atoms in total. The topological polar surface area (TPSA) is 70.7 Å². The summed E-state index contributed by atoms with van der Waals surface area (Å²) in [5, 5.41) is 5.64. The second-order valence-corrected chi connectivity index (χ2v) is 7.78. The number of hydrogen-bond acceptors (Lipinski definition) is 6. The largest absolute Gasteiger partial charge is 0.444 e. The molecule has 0 atom stereocenters. The van der Waals surface area contributed by atoms with Crippen molar-refractivity contribution in [1.82, 2.24) is 15.5 Å². The summed E-state index contributed by atoms with van der Waals surface area (Å²) >= 11 is 3.68. The van der Waals surface area contributed by atoms with Crippen molar-refractivity contribution in [2.45, 2.75) is 26.4 Å². The molecular weight excluding hydrogens is 310 g/mol. The summed E-state index contributed by atoms with van der Waals surface area (Å²) in [5.74, 6) is 4.10. The smallest absolute Gasteiger partial charge is 0.408 e. The fraction of sp³-hybridized carbons (Fsp3) is 0.846. The van der Waals surface area contributed by atoms with E-state index in [9.17, 15) is 9.59 Å². The van der Waals surface area contributed by atoms with Gasteiger partial charge in [0, 0.05) is 30.5 Å². The van der Waals surface area contributed by atoms with Crippen molar-refractivity contribution >= 4 is 35.5 Å². The summed E-state index contributed by atoms with van der Waals surface area (Å²) in [6.45, 7) is 7.34. The van der Waals surface area contributed by atoms with Gasteiger partial charge in [-0.3, -0.25) is 4.79 Å². The maximum Gasteiger partial charge on any atom is 0.408 e. The highest BCUT2D eigenvalue weighted by molar-refractivity contribution is 7.99. The summed E-state index contributed by atoms with van der Waals surface area (Å²) in [6, 6.07) is 0. The maximum atomic E-state index is 11.6. The molecule has 0 bridgehead atoms. The quantitative estimate of drug-likeness (QED) is 0.793. The van der Waals surface area contributed by atoms with Crippen LogP contribution in [0.4, 0.5) is 4.79 Å². The molecular formula is C13H25N3O3S2. The second-order valence-electron chi connectivity index (χ2n) is 5.60. The second kappa shape index (κ2) is 9.42. The molecule has 0 aromatic carbocycles. The number of ether oxygens (including phenoxy) is 1. The third kappa shape index (κ3) is 9.10. The van der Waals surface area contributed by atoms with Crippen LogP contribution in [0.1, 0.15) is 20.8 Å². The van der Waals surface area contributed by atoms with Crippen LogP contribution in [0.2, 0.25) is 0 Å². The Bertz CT molecular complexity index is 330. The van der Waals surface area contributed by atoms with Crippen LogP contribution < -0.4 is 10.6 Å². The number of hydrogen-bond donors (Lipinski definition) is 2. The number of thioether (sulfide) groups is 2. The Labute approximate surface area is 135 Å². The van der Waals surface area contributed by atoms with Gasteiger partial charge < -0.3 is 20.3 Å². The van der Waals surface area contributed by atoms with Gasteiger partial charge in [0.2, 0.25) is 5.91 Å². The van der Waals surface area contributed by atoms with Gasteiger partial charge in [-0.15, -0.1) is 23.5 Å². The molecule has 0 saturated carbocycles. The van der Waals surface area contributed by atoms with E-state index in [0.29, 0.717) is 0 Å². The van der Waals surface area contributed by atoms with Crippen LogP contribution >= 0.6 is 23.5 Å². The predicted octanol–water partition coefficient (Wildman–Crippen LogP) is 1.32. The molecule has 2 amide bonds. The first-order chi connectivity index (χ1) is 9.88. The van der Waals surface area contributed by atoms with Crippen molar-refractivity contribution in [2.75, 3.05) is 42.9 Å². The van der Waals surface area contributed by atoms with Crippen molar-refractivity contribution in [3.63, 3.8) is 0 Å². The zero-order chi connectivity index (χ0) is 15.7. The Morgan fingerprint density at radius 3 is 2.48 bits per heavy atom. The number of amides is 2. The lowest BCUT2D eigenvalue weighted by Gasteiger charge is -2.20. The maximum absolute atomic E-state index is 11.6. The molecule has 0 aromatic heterocycles. The third-order valence-corrected chi connectivity index (χ3v) is 4.38. The summed E-state index contributed by atoms with van der Waals surface area (Å²) < 4.78 is 5.02. The molecule has 2 N–H and O–H groups in total. The Kier molecular flexibility index (Phi) is 8.28. The van der Waals surface area contributed by atoms with Crippen LogP contribution in [-0.2, 0) is 9.53 Å². The molecule has 21 heavy (non-hydrogen) atoms. The summed E-state index contributed by atoms with van der Waals surface area (Å²) in [7, 11) is 0. The van der Waals surface area contributed by atoms with Crippen molar-refractivity contribution in [2.24, 2.45) is 0 Å². The minimum Gasteiger partial charge on any atom is -0.444 e. The fourth-order valence-electron chi connectivity index (χ4n) is 1.55. The lowest BCUT2D eigenvalue weighted by molar-refractivity contribution is -0.128. The van der Waals surface area contributed by atoms with Gasteiger partial charge in [-0.1, -0.05) is 0 Å². The molecule has 2 saturated heterocycles. The van der Waals surface area contributed by atoms with E-state index in [1.165, 1.54) is 18.2 Å². The molecule has 0 radical (unpaired) electrons. The Morgan fingerprint density at radius 2 is 2.05 bits per heavy atom. The molecule has 2 rings (SSSR count). The van der Waals surface area contributed by atoms with Gasteiger partial charge in [0.1, 0.15) is 12.1 Å². The molecule has 2 fully saturated rings. The average Bonchev–Trinajstić information content (AvgIpc) is 3.08. The van der Waals surface area contributed by atoms with Crippen molar-refractivity contribution in [3.8, 4) is 0 Å². The first-order valence-electron chi connectivity index (χ1n) is 6.99. The number of nitrogens with zero attached hydrogens (tertiary/aromatic N) is 1. The normalized spacial score (nSPS) is 18.0. The predicted molar refractivity (Wildman–Crippen MR) is 88.6 cm³/mol. The fourth-order valence-corrected chi connectivity index (χ4v) is 3.24. The third-order valence-electron chi connectivity index (χ3n) is 2.52. The van der Waals surface area contributed by atoms with Gasteiger partial charge in [-0.05, 0) is 20.8 Å². The molecule has 2 heterocycles. The number of alkyl carbamates (subject to hydrolysis) is 1. The van der Waals surface area contributed by atoms with E-state index in [1.54, 1.807) is 37.4 Å². The number of rotatable bonds is 2. The zero-order valence-corrected chi connectivity index (χ0v) is 14.6. The van der Waals surface area contributed by atoms with Gasteiger partial charge >= 0.3 is 6.09 Å². The van der Waals surface area contributed by atoms with E-state index >= 15 is 0 Å². The molecule has 0 spiro atoms. The first kappa shape index (κ1) is 18.4. The lowest BCUT2D eigenvalue weighted by atomic mass is 10.2. The van der Waals surface area contributed by atoms with E-state index in [2.05, 4.69) is 10.6 Å². The average molecular weight is 335 g/mol. The molecule has 0 unspecified atom stereocenters. The molecule has 8 heteroatoms. The standard InChI is InChI=1S/C10H18N2O3S.C3H7NS/c1-10(2,3)15-9(14)11-6-8(13)12-4-5-16-7-12;1-2-5-3-4-1/h4-7H2,1-3H3,(H,11,14);4H,1-3H2. The highest BCUT2D eigenvalue weighted by Crippen LogP contribution is 2.12. The lowest BCUT2D eigenvalue weighted by Crippen LogP contribution is -2.40. The van der Waals surface area contributed by atoms with E-state index < -0.39 is 11.7 Å². The highest BCUT2D eigenvalue weighted by Gasteiger charge is 2.20. The monoisotopic (exact) mass is 335 g/mol. The first-order valence-corrected chi connectivity index (χ1v) is 9.30. The number of carbonyl (C=O) groups excluding carboxylic acids is 2. The van der Waals surface area contributed by atoms with Crippen molar-refractivity contribution < 1.29 is 14.3 Å². The van der Waals surface area contributed by atoms with Gasteiger partial charge in [0.25, 0.3) is 0 Å². The molecule has 0 aliphatic carbocycles. The van der Waals surface area contributed by atoms with Crippen LogP contribution in [0.5, 0.6) is 0 Å². The number of nitrogens with one attached hydrogen (secondary N) is 2. The summed E-state index contributed by atoms with van der Waals surface area (Å²) in [5.41, 5.74) is -0.531. The van der Waals surface area contributed by atoms with E-state index in [1.807, 2.05) is 11.8 Å². The van der Waals surface area contributed by atoms with Gasteiger partial charge in [-0.2, -0.15) is 0 Å². The van der Waals surface area contributed by atoms with Crippen molar-refractivity contribution in [3.05, 3.63) is 0 Å². The zero-order valence-electron chi connectivity index (χ0n) is 12.9. The van der Waals surface area contributed by atoms with Gasteiger partial charge in [-0.25, -0.2) is 4.79 Å². The Morgan fingerprint density at radius 1 is 1.29 bits per heavy atom. The van der Waals surface area contributed by atoms with Crippen LogP contribution in [0, 0.1) is 0 Å². The van der Waals surface area contributed by atoms with E-state index in [-0.39, 0.29) is 12.5 Å². The molecule has 2 aliphatic heterocycles. The van der Waals surface area contributed by atoms with Crippen LogP contribution in [-0.4, -0.2) is 65.4 Å². The summed E-state index contributed by atoms with van der Waals surface area (Å²) in [4.78, 5) is 24.6. The molecule has 122 valence electrons. The van der Waals surface area contributed by atoms with Gasteiger partial charge in [0.05, 0.1) is 5.88 Å². The Hall–Kier alpha value is -0.600. The van der Waals surface area contributed by atoms with E-state index in [4.69, 9.17) is 4.74 Å². The van der Waals surface area contributed by atoms with Crippen LogP contribution in [0.3, 0.4) is 0 Å². The van der Waals surface area contributed by atoms with Crippen LogP contribution in [0.15, 0.2) is 0 Å². The van der Waals surface area contributed by atoms with Gasteiger partial charge in [0.15, 0.2) is 0 Å². The molecule has 0 aromatic rings. The van der Waals surface area contributed by atoms with Crippen LogP contribution in [0.25, 0.3) is 0 Å². The molecule has 2 aliphatic rings. The number of carbonyl (C=O) groups is 2. The van der Waals surface area contributed by atoms with E-state index in [0.717, 1.165) is 18.2 Å². The minimum absolute atomic E-state index is 0.00940. The minimum atomic E-state index is -0.548. The SMILES string of the molecule is C1CSCN1.CC(C)(C)OC(=O)NCC(=O)N1CCSC1. The summed E-state index contributed by atoms with van der Waals surface area (Å²) in [6.07, 6.45) is -0.548. The van der Waals surface area contributed by atoms with Crippen molar-refractivity contribution in [1.29, 1.82) is 0 Å². The Balaban J connectivity index is 0.000000369. The highest BCUT2D eigenvalue weighted by atomic mass is 32.2.